The molecule has 0 radical (unpaired) electrons. The van der Waals surface area contributed by atoms with E-state index in [1.54, 1.807) is 13.2 Å². The Labute approximate surface area is 251 Å². The number of aliphatic hydroxyl groups excluding tert-OH is 1. The number of rotatable bonds is 13. The number of nitrogens with zero attached hydrogens (tertiary/aromatic N) is 1. The number of halogens is 1. The maximum atomic E-state index is 16.0. The average Bonchev–Trinajstić information content (AvgIpc) is 3.27. The van der Waals surface area contributed by atoms with Gasteiger partial charge < -0.3 is 19.8 Å². The summed E-state index contributed by atoms with van der Waals surface area (Å²) in [5.74, 6) is 1.18. The third-order valence-electron chi connectivity index (χ3n) is 10.9. The molecule has 1 amide bonds. The van der Waals surface area contributed by atoms with Crippen LogP contribution in [0.4, 0.5) is 4.39 Å². The minimum Gasteiger partial charge on any atom is -0.508 e. The SMILES string of the molecule is COCCN(CCCCC[C@@H]1Cc2cc(O)ccc2C2C1C1CC[C@H](O)[C@@]1(C)C[C@@H]2F)C(=O)CCCc1ccccc1. The number of unbranched alkanes of at least 4 members (excludes halogenated alkanes) is 2. The number of hydrogen-bond acceptors (Lipinski definition) is 4. The molecule has 3 unspecified atom stereocenters. The summed E-state index contributed by atoms with van der Waals surface area (Å²) in [4.78, 5) is 15.0. The van der Waals surface area contributed by atoms with Crippen molar-refractivity contribution in [1.82, 2.24) is 4.90 Å². The lowest BCUT2D eigenvalue weighted by Crippen LogP contribution is -2.51. The first-order valence-corrected chi connectivity index (χ1v) is 16.3. The van der Waals surface area contributed by atoms with Crippen LogP contribution in [0.2, 0.25) is 0 Å². The molecule has 2 aromatic carbocycles. The number of phenolic OH excluding ortho intramolecular Hbond substituents is 1. The molecule has 5 nitrogen and oxygen atoms in total. The molecule has 3 aliphatic rings. The number of carbonyl (C=O) groups is 1. The van der Waals surface area contributed by atoms with Gasteiger partial charge >= 0.3 is 0 Å². The summed E-state index contributed by atoms with van der Waals surface area (Å²) in [5.41, 5.74) is 3.08. The fraction of sp³-hybridized carbons (Fsp3) is 0.639. The summed E-state index contributed by atoms with van der Waals surface area (Å²) in [6, 6.07) is 15.8. The van der Waals surface area contributed by atoms with Crippen LogP contribution in [0.5, 0.6) is 5.75 Å². The Bertz CT molecular complexity index is 1170. The van der Waals surface area contributed by atoms with E-state index in [0.717, 1.165) is 75.5 Å². The van der Waals surface area contributed by atoms with Crippen molar-refractivity contribution in [2.75, 3.05) is 26.8 Å². The zero-order chi connectivity index (χ0) is 29.7. The Morgan fingerprint density at radius 1 is 1.07 bits per heavy atom. The largest absolute Gasteiger partial charge is 0.508 e. The van der Waals surface area contributed by atoms with Gasteiger partial charge in [0, 0.05) is 32.5 Å². The lowest BCUT2D eigenvalue weighted by atomic mass is 9.51. The van der Waals surface area contributed by atoms with Gasteiger partial charge in [-0.05, 0) is 103 Å². The highest BCUT2D eigenvalue weighted by molar-refractivity contribution is 5.76. The van der Waals surface area contributed by atoms with Crippen molar-refractivity contribution in [3.8, 4) is 5.75 Å². The molecule has 0 aliphatic heterocycles. The van der Waals surface area contributed by atoms with E-state index in [9.17, 15) is 15.0 Å². The number of alkyl halides is 1. The number of ether oxygens (including phenoxy) is 1. The van der Waals surface area contributed by atoms with Gasteiger partial charge in [0.25, 0.3) is 0 Å². The Kier molecular flexibility index (Phi) is 10.3. The second kappa shape index (κ2) is 13.9. The first-order valence-electron chi connectivity index (χ1n) is 16.3. The van der Waals surface area contributed by atoms with Gasteiger partial charge in [-0.1, -0.05) is 56.2 Å². The summed E-state index contributed by atoms with van der Waals surface area (Å²) >= 11 is 0. The van der Waals surface area contributed by atoms with E-state index < -0.39 is 12.3 Å². The van der Waals surface area contributed by atoms with E-state index in [1.165, 1.54) is 5.56 Å². The molecule has 0 bridgehead atoms. The number of aromatic hydroxyl groups is 1. The van der Waals surface area contributed by atoms with Gasteiger partial charge in [-0.15, -0.1) is 0 Å². The van der Waals surface area contributed by atoms with Gasteiger partial charge in [0.2, 0.25) is 5.91 Å². The molecule has 5 rings (SSSR count). The van der Waals surface area contributed by atoms with Crippen LogP contribution in [0, 0.1) is 23.2 Å². The van der Waals surface area contributed by atoms with Crippen LogP contribution < -0.4 is 0 Å². The number of benzene rings is 2. The second-order valence-corrected chi connectivity index (χ2v) is 13.4. The van der Waals surface area contributed by atoms with Crippen LogP contribution in [0.15, 0.2) is 48.5 Å². The lowest BCUT2D eigenvalue weighted by Gasteiger charge is -2.54. The zero-order valence-corrected chi connectivity index (χ0v) is 25.5. The Hall–Kier alpha value is -2.44. The van der Waals surface area contributed by atoms with Gasteiger partial charge in [-0.2, -0.15) is 0 Å². The number of methoxy groups -OCH3 is 1. The van der Waals surface area contributed by atoms with E-state index >= 15 is 4.39 Å². The molecule has 2 N–H and O–H groups in total. The monoisotopic (exact) mass is 579 g/mol. The van der Waals surface area contributed by atoms with Crippen LogP contribution in [-0.2, 0) is 22.4 Å². The van der Waals surface area contributed by atoms with E-state index in [1.807, 2.05) is 35.2 Å². The topological polar surface area (TPSA) is 70.0 Å². The van der Waals surface area contributed by atoms with Crippen LogP contribution in [-0.4, -0.2) is 60.1 Å². The number of fused-ring (bicyclic) bond motifs is 5. The molecule has 0 aromatic heterocycles. The fourth-order valence-corrected chi connectivity index (χ4v) is 8.73. The summed E-state index contributed by atoms with van der Waals surface area (Å²) < 4.78 is 21.3. The number of carbonyl (C=O) groups excluding carboxylic acids is 1. The second-order valence-electron chi connectivity index (χ2n) is 13.4. The summed E-state index contributed by atoms with van der Waals surface area (Å²) in [6.07, 6.45) is 7.92. The first kappa shape index (κ1) is 31.0. The minimum atomic E-state index is -0.975. The molecule has 230 valence electrons. The Morgan fingerprint density at radius 2 is 1.88 bits per heavy atom. The van der Waals surface area contributed by atoms with Crippen molar-refractivity contribution in [1.29, 1.82) is 0 Å². The standard InChI is InChI=1S/C36H50FNO4/c1-36-24-31(37)35-29-16-15-28(39)23-27(29)22-26(34(35)30(36)17-18-32(36)40)13-7-4-8-19-38(20-21-42-2)33(41)14-9-12-25-10-5-3-6-11-25/h3,5-6,10-11,15-16,23,26,30-32,34-35,39-40H,4,7-9,12-14,17-22,24H2,1-2H3/t26-,30?,31+,32+,34?,35?,36+/m1/s1. The van der Waals surface area contributed by atoms with Crippen LogP contribution in [0.25, 0.3) is 0 Å². The molecule has 2 saturated carbocycles. The predicted octanol–water partition coefficient (Wildman–Crippen LogP) is 6.84. The van der Waals surface area contributed by atoms with Gasteiger partial charge in [0.05, 0.1) is 12.7 Å². The summed E-state index contributed by atoms with van der Waals surface area (Å²) in [5, 5.41) is 21.1. The van der Waals surface area contributed by atoms with Crippen LogP contribution >= 0.6 is 0 Å². The minimum absolute atomic E-state index is 0.152. The summed E-state index contributed by atoms with van der Waals surface area (Å²) in [6.45, 7) is 4.01. The Balaban J connectivity index is 1.18. The Morgan fingerprint density at radius 3 is 2.67 bits per heavy atom. The molecular weight excluding hydrogens is 529 g/mol. The first-order chi connectivity index (χ1) is 20.3. The third kappa shape index (κ3) is 6.70. The van der Waals surface area contributed by atoms with Crippen molar-refractivity contribution >= 4 is 5.91 Å². The molecule has 0 saturated heterocycles. The van der Waals surface area contributed by atoms with E-state index in [4.69, 9.17) is 4.74 Å². The highest BCUT2D eigenvalue weighted by Gasteiger charge is 2.59. The molecule has 2 fully saturated rings. The number of hydrogen-bond donors (Lipinski definition) is 2. The van der Waals surface area contributed by atoms with Gasteiger partial charge in [0.15, 0.2) is 0 Å². The van der Waals surface area contributed by atoms with Crippen LogP contribution in [0.1, 0.15) is 87.3 Å². The molecular formula is C36H50FNO4. The molecule has 42 heavy (non-hydrogen) atoms. The maximum absolute atomic E-state index is 16.0. The number of aliphatic hydroxyl groups is 1. The molecule has 2 aromatic rings. The van der Waals surface area contributed by atoms with Crippen molar-refractivity contribution in [2.45, 2.75) is 95.7 Å². The number of amides is 1. The third-order valence-corrected chi connectivity index (χ3v) is 10.9. The molecule has 3 aliphatic carbocycles. The van der Waals surface area contributed by atoms with Crippen molar-refractivity contribution in [3.63, 3.8) is 0 Å². The fourth-order valence-electron chi connectivity index (χ4n) is 8.73. The maximum Gasteiger partial charge on any atom is 0.222 e. The summed E-state index contributed by atoms with van der Waals surface area (Å²) in [7, 11) is 1.68. The van der Waals surface area contributed by atoms with E-state index in [2.05, 4.69) is 19.1 Å². The molecule has 0 heterocycles. The highest BCUT2D eigenvalue weighted by atomic mass is 19.1. The zero-order valence-electron chi connectivity index (χ0n) is 25.5. The van der Waals surface area contributed by atoms with E-state index in [0.29, 0.717) is 37.8 Å². The predicted molar refractivity (Wildman–Crippen MR) is 164 cm³/mol. The smallest absolute Gasteiger partial charge is 0.222 e. The molecule has 6 heteroatoms. The highest BCUT2D eigenvalue weighted by Crippen LogP contribution is 2.63. The average molecular weight is 580 g/mol. The van der Waals surface area contributed by atoms with Gasteiger partial charge in [0.1, 0.15) is 11.9 Å². The van der Waals surface area contributed by atoms with Crippen molar-refractivity contribution < 1.29 is 24.1 Å². The van der Waals surface area contributed by atoms with E-state index in [-0.39, 0.29) is 28.9 Å². The number of aryl methyl sites for hydroxylation is 1. The van der Waals surface area contributed by atoms with Gasteiger partial charge in [-0.25, -0.2) is 4.39 Å². The normalized spacial score (nSPS) is 29.9. The van der Waals surface area contributed by atoms with Crippen molar-refractivity contribution in [2.24, 2.45) is 23.2 Å². The number of phenols is 1. The van der Waals surface area contributed by atoms with Crippen LogP contribution in [0.3, 0.4) is 0 Å². The lowest BCUT2D eigenvalue weighted by molar-refractivity contribution is -0.132. The molecule has 7 atom stereocenters. The quantitative estimate of drug-likeness (QED) is 0.255. The van der Waals surface area contributed by atoms with Crippen molar-refractivity contribution in [3.05, 3.63) is 65.2 Å². The molecule has 0 spiro atoms. The van der Waals surface area contributed by atoms with Gasteiger partial charge in [-0.3, -0.25) is 4.79 Å².